The van der Waals surface area contributed by atoms with Gasteiger partial charge in [0.1, 0.15) is 5.75 Å². The molecule has 2 N–H and O–H groups in total. The van der Waals surface area contributed by atoms with Crippen molar-refractivity contribution in [3.63, 3.8) is 0 Å². The molecule has 5 heteroatoms. The van der Waals surface area contributed by atoms with Gasteiger partial charge in [-0.05, 0) is 36.6 Å². The van der Waals surface area contributed by atoms with Gasteiger partial charge in [-0.2, -0.15) is 5.10 Å². The molecule has 0 bridgehead atoms. The molecule has 92 valence electrons. The van der Waals surface area contributed by atoms with E-state index in [0.717, 1.165) is 28.8 Å². The van der Waals surface area contributed by atoms with Crippen LogP contribution in [0.3, 0.4) is 0 Å². The number of aromatic hydroxyl groups is 1. The highest BCUT2D eigenvalue weighted by Gasteiger charge is 2.26. The van der Waals surface area contributed by atoms with Crippen LogP contribution >= 0.6 is 0 Å². The summed E-state index contributed by atoms with van der Waals surface area (Å²) in [5.41, 5.74) is 3.74. The van der Waals surface area contributed by atoms with Crippen LogP contribution in [0, 0.1) is 0 Å². The molecule has 0 amide bonds. The molecular weight excluding hydrogens is 232 g/mol. The molecule has 1 heterocycles. The third-order valence-corrected chi connectivity index (χ3v) is 3.34. The number of carbonyl (C=O) groups is 1. The minimum Gasteiger partial charge on any atom is -0.508 e. The summed E-state index contributed by atoms with van der Waals surface area (Å²) in [5.74, 6) is -0.757. The zero-order valence-corrected chi connectivity index (χ0v) is 9.84. The smallest absolute Gasteiger partial charge is 0.356 e. The van der Waals surface area contributed by atoms with Crippen molar-refractivity contribution in [3.05, 3.63) is 35.0 Å². The van der Waals surface area contributed by atoms with E-state index in [2.05, 4.69) is 5.10 Å². The molecule has 0 atom stereocenters. The first-order valence-electron chi connectivity index (χ1n) is 5.69. The second-order valence-electron chi connectivity index (χ2n) is 4.45. The number of hydrogen-bond donors (Lipinski definition) is 2. The monoisotopic (exact) mass is 244 g/mol. The molecule has 0 saturated heterocycles. The number of carboxylic acid groups (broad SMARTS) is 1. The lowest BCUT2D eigenvalue weighted by Crippen LogP contribution is -2.07. The Hall–Kier alpha value is -2.30. The highest BCUT2D eigenvalue weighted by atomic mass is 16.4. The molecule has 1 aromatic carbocycles. The van der Waals surface area contributed by atoms with Crippen LogP contribution in [0.2, 0.25) is 0 Å². The van der Waals surface area contributed by atoms with Gasteiger partial charge in [-0.15, -0.1) is 0 Å². The minimum absolute atomic E-state index is 0.131. The lowest BCUT2D eigenvalue weighted by molar-refractivity contribution is 0.0688. The number of fused-ring (bicyclic) bond motifs is 3. The van der Waals surface area contributed by atoms with Gasteiger partial charge in [-0.25, -0.2) is 4.79 Å². The van der Waals surface area contributed by atoms with Gasteiger partial charge in [0.05, 0.1) is 5.69 Å². The van der Waals surface area contributed by atoms with Crippen LogP contribution in [0.5, 0.6) is 5.75 Å². The second-order valence-corrected chi connectivity index (χ2v) is 4.45. The number of aryl methyl sites for hydroxylation is 2. The van der Waals surface area contributed by atoms with E-state index in [9.17, 15) is 9.90 Å². The van der Waals surface area contributed by atoms with Crippen molar-refractivity contribution in [3.8, 4) is 17.0 Å². The van der Waals surface area contributed by atoms with Crippen LogP contribution < -0.4 is 0 Å². The fraction of sp³-hybridized carbons (Fsp3) is 0.231. The van der Waals surface area contributed by atoms with Crippen LogP contribution in [0.15, 0.2) is 18.2 Å². The number of phenols is 1. The molecule has 2 aromatic rings. The molecule has 1 aromatic heterocycles. The molecule has 0 fully saturated rings. The predicted octanol–water partition coefficient (Wildman–Crippen LogP) is 1.59. The largest absolute Gasteiger partial charge is 0.508 e. The Morgan fingerprint density at radius 3 is 2.89 bits per heavy atom. The van der Waals surface area contributed by atoms with Gasteiger partial charge < -0.3 is 10.2 Å². The number of phenolic OH excluding ortho intramolecular Hbond substituents is 1. The lowest BCUT2D eigenvalue weighted by atomic mass is 9.88. The molecule has 1 aliphatic carbocycles. The summed E-state index contributed by atoms with van der Waals surface area (Å²) in [6, 6.07) is 5.16. The average Bonchev–Trinajstić information content (AvgIpc) is 2.67. The van der Waals surface area contributed by atoms with E-state index in [1.54, 1.807) is 23.9 Å². The van der Waals surface area contributed by atoms with Crippen molar-refractivity contribution in [2.45, 2.75) is 12.8 Å². The summed E-state index contributed by atoms with van der Waals surface area (Å²) in [7, 11) is 1.74. The quantitative estimate of drug-likeness (QED) is 0.798. The maximum Gasteiger partial charge on any atom is 0.356 e. The van der Waals surface area contributed by atoms with E-state index < -0.39 is 5.97 Å². The number of hydrogen-bond acceptors (Lipinski definition) is 3. The van der Waals surface area contributed by atoms with Crippen molar-refractivity contribution in [2.75, 3.05) is 0 Å². The Kier molecular flexibility index (Phi) is 2.16. The van der Waals surface area contributed by atoms with Gasteiger partial charge in [0.25, 0.3) is 0 Å². The Labute approximate surface area is 103 Å². The minimum atomic E-state index is -0.992. The number of rotatable bonds is 1. The molecule has 1 aliphatic rings. The second kappa shape index (κ2) is 3.60. The van der Waals surface area contributed by atoms with Crippen LogP contribution in [-0.4, -0.2) is 26.0 Å². The molecule has 3 rings (SSSR count). The summed E-state index contributed by atoms with van der Waals surface area (Å²) >= 11 is 0. The first kappa shape index (κ1) is 10.8. The first-order valence-corrected chi connectivity index (χ1v) is 5.69. The predicted molar refractivity (Wildman–Crippen MR) is 64.7 cm³/mol. The molecule has 0 aliphatic heterocycles. The van der Waals surface area contributed by atoms with Crippen molar-refractivity contribution >= 4 is 5.97 Å². The third kappa shape index (κ3) is 1.40. The summed E-state index contributed by atoms with van der Waals surface area (Å²) in [5, 5.41) is 22.7. The zero-order chi connectivity index (χ0) is 12.9. The number of aromatic carboxylic acids is 1. The normalized spacial score (nSPS) is 12.9. The number of carboxylic acids is 1. The van der Waals surface area contributed by atoms with E-state index in [-0.39, 0.29) is 11.4 Å². The molecule has 5 nitrogen and oxygen atoms in total. The van der Waals surface area contributed by atoms with Gasteiger partial charge >= 0.3 is 5.97 Å². The summed E-state index contributed by atoms with van der Waals surface area (Å²) in [4.78, 5) is 11.1. The Balaban J connectivity index is 2.27. The molecule has 0 spiro atoms. The molecule has 18 heavy (non-hydrogen) atoms. The highest BCUT2D eigenvalue weighted by Crippen LogP contribution is 2.36. The number of benzene rings is 1. The Morgan fingerprint density at radius 1 is 1.39 bits per heavy atom. The number of aromatic nitrogens is 2. The zero-order valence-electron chi connectivity index (χ0n) is 9.84. The highest BCUT2D eigenvalue weighted by molar-refractivity contribution is 5.90. The van der Waals surface area contributed by atoms with E-state index in [1.165, 1.54) is 0 Å². The SMILES string of the molecule is Cn1nc(C(=O)O)c2c1-c1ccc(O)cc1CC2. The lowest BCUT2D eigenvalue weighted by Gasteiger charge is -2.17. The van der Waals surface area contributed by atoms with Gasteiger partial charge in [0.15, 0.2) is 5.69 Å². The fourth-order valence-corrected chi connectivity index (χ4v) is 2.59. The van der Waals surface area contributed by atoms with Crippen LogP contribution in [-0.2, 0) is 19.9 Å². The molecular formula is C13H12N2O3. The third-order valence-electron chi connectivity index (χ3n) is 3.34. The van der Waals surface area contributed by atoms with E-state index in [1.807, 2.05) is 6.07 Å². The summed E-state index contributed by atoms with van der Waals surface area (Å²) in [6.45, 7) is 0. The van der Waals surface area contributed by atoms with Gasteiger partial charge in [0.2, 0.25) is 0 Å². The van der Waals surface area contributed by atoms with Crippen LogP contribution in [0.4, 0.5) is 0 Å². The standard InChI is InChI=1S/C13H12N2O3/c1-15-12-9-5-3-8(16)6-7(9)2-4-10(12)11(14-15)13(17)18/h3,5-6,16H,2,4H2,1H3,(H,17,18). The van der Waals surface area contributed by atoms with Crippen molar-refractivity contribution in [2.24, 2.45) is 7.05 Å². The van der Waals surface area contributed by atoms with Crippen molar-refractivity contribution in [1.82, 2.24) is 9.78 Å². The van der Waals surface area contributed by atoms with E-state index in [0.29, 0.717) is 6.42 Å². The van der Waals surface area contributed by atoms with Gasteiger partial charge in [0, 0.05) is 18.2 Å². The average molecular weight is 244 g/mol. The molecule has 0 radical (unpaired) electrons. The fourth-order valence-electron chi connectivity index (χ4n) is 2.59. The molecule has 0 unspecified atom stereocenters. The van der Waals surface area contributed by atoms with E-state index >= 15 is 0 Å². The van der Waals surface area contributed by atoms with Crippen molar-refractivity contribution in [1.29, 1.82) is 0 Å². The van der Waals surface area contributed by atoms with Crippen LogP contribution in [0.25, 0.3) is 11.3 Å². The maximum absolute atomic E-state index is 11.1. The Bertz CT molecular complexity index is 658. The molecule has 0 saturated carbocycles. The van der Waals surface area contributed by atoms with Gasteiger partial charge in [-0.3, -0.25) is 4.68 Å². The first-order chi connectivity index (χ1) is 8.58. The van der Waals surface area contributed by atoms with Gasteiger partial charge in [-0.1, -0.05) is 0 Å². The maximum atomic E-state index is 11.1. The summed E-state index contributed by atoms with van der Waals surface area (Å²) in [6.07, 6.45) is 1.37. The van der Waals surface area contributed by atoms with Crippen LogP contribution in [0.1, 0.15) is 21.6 Å². The number of nitrogens with zero attached hydrogens (tertiary/aromatic N) is 2. The van der Waals surface area contributed by atoms with E-state index in [4.69, 9.17) is 5.11 Å². The van der Waals surface area contributed by atoms with Crippen molar-refractivity contribution < 1.29 is 15.0 Å². The topological polar surface area (TPSA) is 75.4 Å². The Morgan fingerprint density at radius 2 is 2.17 bits per heavy atom. The summed E-state index contributed by atoms with van der Waals surface area (Å²) < 4.78 is 1.60.